The van der Waals surface area contributed by atoms with Gasteiger partial charge in [-0.3, -0.25) is 4.79 Å². The lowest BCUT2D eigenvalue weighted by molar-refractivity contribution is -0.0798. The number of hydrogen-bond donors (Lipinski definition) is 0. The lowest BCUT2D eigenvalue weighted by Gasteiger charge is -2.35. The van der Waals surface area contributed by atoms with Crippen molar-refractivity contribution in [2.24, 2.45) is 0 Å². The van der Waals surface area contributed by atoms with Crippen molar-refractivity contribution >= 4 is 5.91 Å². The minimum atomic E-state index is -1.08. The Morgan fingerprint density at radius 1 is 1.32 bits per heavy atom. The highest BCUT2D eigenvalue weighted by molar-refractivity contribution is 5.95. The van der Waals surface area contributed by atoms with Crippen molar-refractivity contribution in [1.82, 2.24) is 15.1 Å². The monoisotopic (exact) mass is 348 g/mol. The van der Waals surface area contributed by atoms with Crippen LogP contribution in [0.25, 0.3) is 0 Å². The molecule has 0 unspecified atom stereocenters. The highest BCUT2D eigenvalue weighted by Crippen LogP contribution is 2.26. The summed E-state index contributed by atoms with van der Waals surface area (Å²) in [7, 11) is 0. The summed E-state index contributed by atoms with van der Waals surface area (Å²) in [6.07, 6.45) is -1.07. The molecule has 2 heterocycles. The number of halogens is 2. The van der Waals surface area contributed by atoms with E-state index in [1.54, 1.807) is 19.9 Å². The fourth-order valence-corrected chi connectivity index (χ4v) is 2.70. The number of nitriles is 1. The van der Waals surface area contributed by atoms with Gasteiger partial charge in [-0.2, -0.15) is 5.26 Å². The molecule has 9 heteroatoms. The summed E-state index contributed by atoms with van der Waals surface area (Å²) < 4.78 is 39.2. The quantitative estimate of drug-likeness (QED) is 0.825. The smallest absolute Gasteiger partial charge is 0.260 e. The van der Waals surface area contributed by atoms with Gasteiger partial charge in [-0.15, -0.1) is 10.2 Å². The number of benzene rings is 1. The van der Waals surface area contributed by atoms with Crippen LogP contribution in [0.15, 0.2) is 16.5 Å². The molecule has 1 aliphatic rings. The molecule has 1 fully saturated rings. The second-order valence-electron chi connectivity index (χ2n) is 5.73. The van der Waals surface area contributed by atoms with Crippen molar-refractivity contribution in [2.45, 2.75) is 26.1 Å². The molecule has 0 radical (unpaired) electrons. The molecule has 1 aromatic heterocycles. The second kappa shape index (κ2) is 6.57. The molecule has 2 aromatic rings. The number of hydrogen-bond acceptors (Lipinski definition) is 6. The molecular formula is C16H14F2N4O3. The molecule has 1 saturated heterocycles. The number of aromatic nitrogens is 2. The van der Waals surface area contributed by atoms with Crippen LogP contribution in [0.2, 0.25) is 0 Å². The van der Waals surface area contributed by atoms with Gasteiger partial charge in [0.15, 0.2) is 6.10 Å². The third-order valence-corrected chi connectivity index (χ3v) is 3.75. The highest BCUT2D eigenvalue weighted by atomic mass is 19.1. The number of nitrogens with zero attached hydrogens (tertiary/aromatic N) is 4. The number of morpholine rings is 1. The van der Waals surface area contributed by atoms with E-state index in [0.29, 0.717) is 5.89 Å². The van der Waals surface area contributed by atoms with Gasteiger partial charge in [-0.25, -0.2) is 8.78 Å². The maximum Gasteiger partial charge on any atom is 0.260 e. The Labute approximate surface area is 141 Å². The Kier molecular flexibility index (Phi) is 4.46. The first-order valence-electron chi connectivity index (χ1n) is 7.53. The third-order valence-electron chi connectivity index (χ3n) is 3.75. The van der Waals surface area contributed by atoms with Crippen LogP contribution >= 0.6 is 0 Å². The van der Waals surface area contributed by atoms with E-state index in [1.807, 2.05) is 0 Å². The van der Waals surface area contributed by atoms with E-state index in [4.69, 9.17) is 14.4 Å². The second-order valence-corrected chi connectivity index (χ2v) is 5.73. The normalized spacial score (nSPS) is 20.4. The van der Waals surface area contributed by atoms with Crippen molar-refractivity contribution in [3.63, 3.8) is 0 Å². The summed E-state index contributed by atoms with van der Waals surface area (Å²) in [5.41, 5.74) is -0.894. The molecule has 7 nitrogen and oxygen atoms in total. The molecule has 0 saturated carbocycles. The van der Waals surface area contributed by atoms with Crippen LogP contribution in [0.3, 0.4) is 0 Å². The summed E-state index contributed by atoms with van der Waals surface area (Å²) in [6.45, 7) is 3.51. The van der Waals surface area contributed by atoms with Crippen LogP contribution in [-0.2, 0) is 4.74 Å². The van der Waals surface area contributed by atoms with E-state index in [-0.39, 0.29) is 30.6 Å². The maximum absolute atomic E-state index is 14.1. The van der Waals surface area contributed by atoms with Crippen molar-refractivity contribution < 1.29 is 22.7 Å². The molecule has 0 N–H and O–H groups in total. The van der Waals surface area contributed by atoms with Gasteiger partial charge in [-0.05, 0) is 19.1 Å². The number of aryl methyl sites for hydroxylation is 1. The van der Waals surface area contributed by atoms with Crippen LogP contribution in [-0.4, -0.2) is 40.2 Å². The Hall–Kier alpha value is -2.86. The molecule has 2 atom stereocenters. The van der Waals surface area contributed by atoms with Gasteiger partial charge in [-0.1, -0.05) is 0 Å². The maximum atomic E-state index is 14.1. The number of carbonyl (C=O) groups excluding carboxylic acids is 1. The van der Waals surface area contributed by atoms with Crippen LogP contribution in [0.5, 0.6) is 0 Å². The van der Waals surface area contributed by atoms with Gasteiger partial charge in [0, 0.05) is 13.5 Å². The van der Waals surface area contributed by atoms with E-state index in [2.05, 4.69) is 10.2 Å². The van der Waals surface area contributed by atoms with E-state index >= 15 is 0 Å². The molecule has 1 aromatic carbocycles. The zero-order chi connectivity index (χ0) is 18.1. The topological polar surface area (TPSA) is 92.2 Å². The van der Waals surface area contributed by atoms with Crippen LogP contribution < -0.4 is 0 Å². The van der Waals surface area contributed by atoms with Crippen molar-refractivity contribution in [3.05, 3.63) is 46.7 Å². The van der Waals surface area contributed by atoms with Crippen LogP contribution in [0.4, 0.5) is 8.78 Å². The largest absolute Gasteiger partial charge is 0.423 e. The van der Waals surface area contributed by atoms with Crippen molar-refractivity contribution in [1.29, 1.82) is 5.26 Å². The van der Waals surface area contributed by atoms with Gasteiger partial charge in [0.25, 0.3) is 5.91 Å². The third kappa shape index (κ3) is 3.34. The Morgan fingerprint density at radius 3 is 2.56 bits per heavy atom. The summed E-state index contributed by atoms with van der Waals surface area (Å²) >= 11 is 0. The van der Waals surface area contributed by atoms with Crippen molar-refractivity contribution in [2.75, 3.05) is 13.1 Å². The zero-order valence-electron chi connectivity index (χ0n) is 13.5. The van der Waals surface area contributed by atoms with Gasteiger partial charge in [0.1, 0.15) is 17.2 Å². The molecule has 1 aliphatic heterocycles. The van der Waals surface area contributed by atoms with E-state index in [9.17, 15) is 13.6 Å². The molecule has 0 aliphatic carbocycles. The summed E-state index contributed by atoms with van der Waals surface area (Å²) in [5, 5.41) is 16.3. The first kappa shape index (κ1) is 17.0. The first-order chi connectivity index (χ1) is 11.9. The van der Waals surface area contributed by atoms with E-state index in [0.717, 1.165) is 12.1 Å². The number of ether oxygens (including phenoxy) is 1. The van der Waals surface area contributed by atoms with E-state index < -0.39 is 29.2 Å². The fraction of sp³-hybridized carbons (Fsp3) is 0.375. The van der Waals surface area contributed by atoms with E-state index in [1.165, 1.54) is 4.90 Å². The van der Waals surface area contributed by atoms with Gasteiger partial charge >= 0.3 is 0 Å². The minimum absolute atomic E-state index is 0.0175. The predicted molar refractivity (Wildman–Crippen MR) is 79.3 cm³/mol. The average molecular weight is 348 g/mol. The Bertz CT molecular complexity index is 838. The average Bonchev–Trinajstić information content (AvgIpc) is 3.00. The standard InChI is InChI=1S/C16H14F2N4O3/c1-8-6-22(7-13(24-8)15-21-20-9(2)25-15)16(23)14-11(17)3-10(5-19)4-12(14)18/h3-4,8,13H,6-7H2,1-2H3/t8-,13-/m1/s1. The van der Waals surface area contributed by atoms with Gasteiger partial charge in [0.05, 0.1) is 24.3 Å². The lowest BCUT2D eigenvalue weighted by atomic mass is 10.1. The summed E-state index contributed by atoms with van der Waals surface area (Å²) in [5.74, 6) is -2.44. The Balaban J connectivity index is 1.88. The molecule has 130 valence electrons. The fourth-order valence-electron chi connectivity index (χ4n) is 2.70. The van der Waals surface area contributed by atoms with Crippen LogP contribution in [0, 0.1) is 29.9 Å². The number of amides is 1. The first-order valence-corrected chi connectivity index (χ1v) is 7.53. The van der Waals surface area contributed by atoms with Gasteiger partial charge in [0.2, 0.25) is 11.8 Å². The minimum Gasteiger partial charge on any atom is -0.423 e. The van der Waals surface area contributed by atoms with Gasteiger partial charge < -0.3 is 14.1 Å². The van der Waals surface area contributed by atoms with Crippen LogP contribution in [0.1, 0.15) is 40.7 Å². The number of rotatable bonds is 2. The summed E-state index contributed by atoms with van der Waals surface area (Å²) in [4.78, 5) is 13.9. The molecule has 1 amide bonds. The molecule has 0 spiro atoms. The lowest BCUT2D eigenvalue weighted by Crippen LogP contribution is -2.46. The highest BCUT2D eigenvalue weighted by Gasteiger charge is 2.34. The Morgan fingerprint density at radius 2 is 2.00 bits per heavy atom. The zero-order valence-corrected chi connectivity index (χ0v) is 13.5. The molecular weight excluding hydrogens is 334 g/mol. The SMILES string of the molecule is Cc1nnc([C@H]2CN(C(=O)c3c(F)cc(C#N)cc3F)C[C@@H](C)O2)o1. The molecule has 3 rings (SSSR count). The predicted octanol–water partition coefficient (Wildman–Crippen LogP) is 2.13. The number of carbonyl (C=O) groups is 1. The molecule has 25 heavy (non-hydrogen) atoms. The molecule has 0 bridgehead atoms. The summed E-state index contributed by atoms with van der Waals surface area (Å²) in [6, 6.07) is 3.30. The van der Waals surface area contributed by atoms with Crippen molar-refractivity contribution in [3.8, 4) is 6.07 Å².